The molecule has 4 unspecified atom stereocenters. The number of nitrogens with zero attached hydrogens (tertiary/aromatic N) is 2. The Morgan fingerprint density at radius 1 is 1.31 bits per heavy atom. The number of ketones is 1. The van der Waals surface area contributed by atoms with Crippen molar-refractivity contribution in [2.75, 3.05) is 7.05 Å². The van der Waals surface area contributed by atoms with Gasteiger partial charge < -0.3 is 20.1 Å². The Labute approximate surface area is 186 Å². The first-order chi connectivity index (χ1) is 15.4. The van der Waals surface area contributed by atoms with Crippen LogP contribution in [0, 0.1) is 16.7 Å². The van der Waals surface area contributed by atoms with E-state index in [1.165, 1.54) is 4.90 Å². The number of likely N-dealkylation sites (N-methyl/N-ethyl adjacent to an activating group) is 1. The van der Waals surface area contributed by atoms with Gasteiger partial charge in [-0.2, -0.15) is 0 Å². The van der Waals surface area contributed by atoms with Gasteiger partial charge in [-0.15, -0.1) is 4.91 Å². The summed E-state index contributed by atoms with van der Waals surface area (Å²) < 4.78 is 0. The lowest BCUT2D eigenvalue weighted by Gasteiger charge is -2.32. The standard InChI is InChI=1S/C24H29N3O5/c1-27(24(31)21(29)11-14-4-2-5-17(28)10-14)20(23(30)15-8-9-15)12-16-13-25-18-6-3-7-19(26-32)22(16)18/h2-4,6-7,13-15,17,20,23,25,28,30H,5,8-12H2,1H3. The number of aromatic nitrogens is 1. The molecule has 0 bridgehead atoms. The molecule has 32 heavy (non-hydrogen) atoms. The molecule has 2 aliphatic rings. The van der Waals surface area contributed by atoms with Crippen LogP contribution in [0.3, 0.4) is 0 Å². The number of benzene rings is 1. The fourth-order valence-electron chi connectivity index (χ4n) is 4.71. The van der Waals surface area contributed by atoms with Gasteiger partial charge in [-0.25, -0.2) is 0 Å². The second-order valence-electron chi connectivity index (χ2n) is 9.06. The summed E-state index contributed by atoms with van der Waals surface area (Å²) in [6.07, 6.45) is 7.36. The van der Waals surface area contributed by atoms with E-state index in [9.17, 15) is 24.7 Å². The summed E-state index contributed by atoms with van der Waals surface area (Å²) in [7, 11) is 1.55. The van der Waals surface area contributed by atoms with E-state index in [1.807, 2.05) is 18.2 Å². The third-order valence-electron chi connectivity index (χ3n) is 6.69. The molecule has 4 atom stereocenters. The van der Waals surface area contributed by atoms with E-state index in [2.05, 4.69) is 10.2 Å². The summed E-state index contributed by atoms with van der Waals surface area (Å²) >= 11 is 0. The maximum absolute atomic E-state index is 13.0. The van der Waals surface area contributed by atoms with Gasteiger partial charge >= 0.3 is 0 Å². The predicted octanol–water partition coefficient (Wildman–Crippen LogP) is 2.99. The number of carbonyl (C=O) groups is 2. The molecule has 0 radical (unpaired) electrons. The first-order valence-corrected chi connectivity index (χ1v) is 11.1. The van der Waals surface area contributed by atoms with E-state index in [0.717, 1.165) is 23.9 Å². The normalized spacial score (nSPS) is 22.5. The minimum absolute atomic E-state index is 0.0370. The van der Waals surface area contributed by atoms with Crippen LogP contribution in [-0.4, -0.2) is 57.1 Å². The number of hydrogen-bond donors (Lipinski definition) is 3. The van der Waals surface area contributed by atoms with E-state index < -0.39 is 29.9 Å². The smallest absolute Gasteiger partial charge is 0.290 e. The molecule has 1 amide bonds. The van der Waals surface area contributed by atoms with Gasteiger partial charge in [-0.1, -0.05) is 18.2 Å². The van der Waals surface area contributed by atoms with Crippen LogP contribution >= 0.6 is 0 Å². The average Bonchev–Trinajstić information content (AvgIpc) is 3.56. The van der Waals surface area contributed by atoms with Crippen molar-refractivity contribution in [1.82, 2.24) is 9.88 Å². The van der Waals surface area contributed by atoms with Crippen LogP contribution in [0.4, 0.5) is 5.69 Å². The molecule has 1 saturated carbocycles. The van der Waals surface area contributed by atoms with Crippen molar-refractivity contribution in [3.63, 3.8) is 0 Å². The summed E-state index contributed by atoms with van der Waals surface area (Å²) in [5, 5.41) is 24.6. The van der Waals surface area contributed by atoms with Crippen LogP contribution in [0.25, 0.3) is 10.9 Å². The van der Waals surface area contributed by atoms with Crippen LogP contribution in [0.1, 0.15) is 37.7 Å². The molecule has 1 heterocycles. The van der Waals surface area contributed by atoms with E-state index in [0.29, 0.717) is 30.3 Å². The average molecular weight is 440 g/mol. The number of amides is 1. The van der Waals surface area contributed by atoms with Gasteiger partial charge in [0.15, 0.2) is 0 Å². The topological polar surface area (TPSA) is 123 Å². The molecule has 1 aromatic carbocycles. The van der Waals surface area contributed by atoms with Crippen molar-refractivity contribution in [3.8, 4) is 0 Å². The number of rotatable bonds is 9. The molecule has 2 aromatic rings. The highest BCUT2D eigenvalue weighted by molar-refractivity contribution is 6.36. The molecular weight excluding hydrogens is 410 g/mol. The van der Waals surface area contributed by atoms with Crippen molar-refractivity contribution in [3.05, 3.63) is 47.0 Å². The lowest BCUT2D eigenvalue weighted by molar-refractivity contribution is -0.147. The number of aliphatic hydroxyl groups is 2. The summed E-state index contributed by atoms with van der Waals surface area (Å²) in [5.41, 5.74) is 1.82. The predicted molar refractivity (Wildman–Crippen MR) is 120 cm³/mol. The number of carbonyl (C=O) groups excluding carboxylic acids is 2. The molecule has 1 fully saturated rings. The lowest BCUT2D eigenvalue weighted by Crippen LogP contribution is -2.49. The molecule has 4 rings (SSSR count). The second-order valence-corrected chi connectivity index (χ2v) is 9.06. The largest absolute Gasteiger partial charge is 0.393 e. The molecule has 2 aliphatic carbocycles. The fraction of sp³-hybridized carbons (Fsp3) is 0.500. The van der Waals surface area contributed by atoms with E-state index in [1.54, 1.807) is 25.4 Å². The van der Waals surface area contributed by atoms with Crippen LogP contribution in [-0.2, 0) is 16.0 Å². The van der Waals surface area contributed by atoms with Crippen LogP contribution in [0.5, 0.6) is 0 Å². The summed E-state index contributed by atoms with van der Waals surface area (Å²) in [5.74, 6) is -1.24. The van der Waals surface area contributed by atoms with Crippen LogP contribution in [0.15, 0.2) is 41.7 Å². The van der Waals surface area contributed by atoms with Gasteiger partial charge in [0.05, 0.1) is 18.2 Å². The minimum Gasteiger partial charge on any atom is -0.393 e. The Balaban J connectivity index is 1.54. The number of aromatic amines is 1. The number of nitroso groups, excluding NO2 is 1. The van der Waals surface area contributed by atoms with Gasteiger partial charge in [0.25, 0.3) is 5.91 Å². The maximum Gasteiger partial charge on any atom is 0.290 e. The van der Waals surface area contributed by atoms with Crippen molar-refractivity contribution in [2.45, 2.75) is 56.8 Å². The number of hydrogen-bond acceptors (Lipinski definition) is 6. The van der Waals surface area contributed by atoms with E-state index in [-0.39, 0.29) is 18.3 Å². The Kier molecular flexibility index (Phi) is 6.53. The fourth-order valence-corrected chi connectivity index (χ4v) is 4.71. The number of nitrogens with one attached hydrogen (secondary N) is 1. The zero-order chi connectivity index (χ0) is 22.8. The molecule has 0 spiro atoms. The van der Waals surface area contributed by atoms with E-state index in [4.69, 9.17) is 0 Å². The van der Waals surface area contributed by atoms with Gasteiger partial charge in [0.1, 0.15) is 5.69 Å². The summed E-state index contributed by atoms with van der Waals surface area (Å²) in [6.45, 7) is 0. The molecular formula is C24H29N3O5. The SMILES string of the molecule is CN(C(=O)C(=O)CC1C=CCC(O)C1)C(Cc1c[nH]c2cccc(N=O)c12)C(O)C1CC1. The molecule has 8 heteroatoms. The molecule has 0 saturated heterocycles. The van der Waals surface area contributed by atoms with Crippen molar-refractivity contribution >= 4 is 28.3 Å². The maximum atomic E-state index is 13.0. The number of aliphatic hydroxyl groups excluding tert-OH is 2. The minimum atomic E-state index is -0.769. The van der Waals surface area contributed by atoms with Gasteiger partial charge in [-0.3, -0.25) is 9.59 Å². The third-order valence-corrected chi connectivity index (χ3v) is 6.69. The monoisotopic (exact) mass is 439 g/mol. The molecule has 0 aliphatic heterocycles. The third kappa shape index (κ3) is 4.66. The Hall–Kier alpha value is -2.84. The molecule has 1 aromatic heterocycles. The quantitative estimate of drug-likeness (QED) is 0.315. The van der Waals surface area contributed by atoms with Crippen LogP contribution < -0.4 is 0 Å². The van der Waals surface area contributed by atoms with E-state index >= 15 is 0 Å². The number of H-pyrrole nitrogens is 1. The highest BCUT2D eigenvalue weighted by Crippen LogP contribution is 2.37. The Morgan fingerprint density at radius 2 is 2.09 bits per heavy atom. The molecule has 170 valence electrons. The lowest BCUT2D eigenvalue weighted by atomic mass is 9.89. The summed E-state index contributed by atoms with van der Waals surface area (Å²) in [6, 6.07) is 4.60. The first kappa shape index (κ1) is 22.4. The summed E-state index contributed by atoms with van der Waals surface area (Å²) in [4.78, 5) is 41.5. The van der Waals surface area contributed by atoms with Gasteiger partial charge in [0.2, 0.25) is 5.78 Å². The van der Waals surface area contributed by atoms with Crippen molar-refractivity contribution < 1.29 is 19.8 Å². The van der Waals surface area contributed by atoms with Crippen molar-refractivity contribution in [2.24, 2.45) is 17.0 Å². The zero-order valence-corrected chi connectivity index (χ0v) is 18.1. The number of fused-ring (bicyclic) bond motifs is 1. The molecule has 8 nitrogen and oxygen atoms in total. The number of Topliss-reactive ketones (excluding diaryl/α,β-unsaturated/α-hetero) is 1. The Bertz CT molecular complexity index is 1040. The molecule has 3 N–H and O–H groups in total. The van der Waals surface area contributed by atoms with Gasteiger partial charge in [-0.05, 0) is 66.8 Å². The highest BCUT2D eigenvalue weighted by Gasteiger charge is 2.40. The number of allylic oxidation sites excluding steroid dienone is 1. The second kappa shape index (κ2) is 9.34. The zero-order valence-electron chi connectivity index (χ0n) is 18.1. The van der Waals surface area contributed by atoms with Crippen molar-refractivity contribution in [1.29, 1.82) is 0 Å². The Morgan fingerprint density at radius 3 is 2.78 bits per heavy atom. The highest BCUT2D eigenvalue weighted by atomic mass is 16.3. The first-order valence-electron chi connectivity index (χ1n) is 11.1. The van der Waals surface area contributed by atoms with Crippen LogP contribution in [0.2, 0.25) is 0 Å². The van der Waals surface area contributed by atoms with Gasteiger partial charge in [0, 0.05) is 30.6 Å².